The maximum Gasteiger partial charge on any atom is 0.235 e. The van der Waals surface area contributed by atoms with Crippen LogP contribution in [0, 0.1) is 22.7 Å². The van der Waals surface area contributed by atoms with E-state index >= 15 is 0 Å². The number of carbonyl (C=O) groups excluding carboxylic acids is 1. The molecule has 0 saturated carbocycles. The van der Waals surface area contributed by atoms with E-state index in [2.05, 4.69) is 0 Å². The predicted octanol–water partition coefficient (Wildman–Crippen LogP) is 2.96. The van der Waals surface area contributed by atoms with Crippen molar-refractivity contribution < 1.29 is 4.79 Å². The van der Waals surface area contributed by atoms with E-state index in [1.807, 2.05) is 49.4 Å². The van der Waals surface area contributed by atoms with E-state index in [-0.39, 0.29) is 11.2 Å². The minimum Gasteiger partial charge on any atom is -0.340 e. The number of rotatable bonds is 8. The Kier molecular flexibility index (Phi) is 8.01. The molecule has 0 aliphatic carbocycles. The first kappa shape index (κ1) is 17.1. The van der Waals surface area contributed by atoms with Gasteiger partial charge in [-0.1, -0.05) is 30.3 Å². The Balaban J connectivity index is 2.52. The van der Waals surface area contributed by atoms with Crippen molar-refractivity contribution in [1.29, 1.82) is 10.5 Å². The largest absolute Gasteiger partial charge is 0.340 e. The van der Waals surface area contributed by atoms with Gasteiger partial charge in [-0.15, -0.1) is 11.8 Å². The summed E-state index contributed by atoms with van der Waals surface area (Å²) in [7, 11) is 0. The Bertz CT molecular complexity index is 501. The molecule has 1 aromatic carbocycles. The quantitative estimate of drug-likeness (QED) is 0.740. The fraction of sp³-hybridized carbons (Fsp3) is 0.438. The average Bonchev–Trinajstić information content (AvgIpc) is 2.53. The van der Waals surface area contributed by atoms with Crippen molar-refractivity contribution in [2.24, 2.45) is 0 Å². The zero-order chi connectivity index (χ0) is 15.5. The zero-order valence-electron chi connectivity index (χ0n) is 12.2. The molecular weight excluding hydrogens is 282 g/mol. The number of benzene rings is 1. The van der Waals surface area contributed by atoms with E-state index in [0.717, 1.165) is 5.75 Å². The molecule has 1 unspecified atom stereocenters. The topological polar surface area (TPSA) is 67.9 Å². The molecule has 0 saturated heterocycles. The van der Waals surface area contributed by atoms with Crippen molar-refractivity contribution >= 4 is 17.7 Å². The van der Waals surface area contributed by atoms with Crippen LogP contribution in [0.3, 0.4) is 0 Å². The Morgan fingerprint density at radius 3 is 2.29 bits per heavy atom. The second-order valence-electron chi connectivity index (χ2n) is 4.58. The maximum absolute atomic E-state index is 12.4. The second-order valence-corrected chi connectivity index (χ2v) is 5.91. The molecule has 5 heteroatoms. The summed E-state index contributed by atoms with van der Waals surface area (Å²) in [5, 5.41) is 17.1. The van der Waals surface area contributed by atoms with Crippen molar-refractivity contribution in [3.8, 4) is 12.1 Å². The fourth-order valence-corrected chi connectivity index (χ4v) is 2.75. The summed E-state index contributed by atoms with van der Waals surface area (Å²) in [5.41, 5.74) is 1.18. The van der Waals surface area contributed by atoms with E-state index in [0.29, 0.717) is 25.9 Å². The minimum absolute atomic E-state index is 0.00133. The third-order valence-corrected chi connectivity index (χ3v) is 4.19. The summed E-state index contributed by atoms with van der Waals surface area (Å²) in [6.07, 6.45) is 0.598. The van der Waals surface area contributed by atoms with Crippen LogP contribution in [0.5, 0.6) is 0 Å². The maximum atomic E-state index is 12.4. The van der Waals surface area contributed by atoms with Crippen molar-refractivity contribution in [3.05, 3.63) is 35.9 Å². The molecule has 1 amide bonds. The highest BCUT2D eigenvalue weighted by Crippen LogP contribution is 2.19. The smallest absolute Gasteiger partial charge is 0.235 e. The van der Waals surface area contributed by atoms with E-state index in [4.69, 9.17) is 10.5 Å². The monoisotopic (exact) mass is 301 g/mol. The molecule has 0 radical (unpaired) electrons. The van der Waals surface area contributed by atoms with Crippen LogP contribution >= 0.6 is 11.8 Å². The van der Waals surface area contributed by atoms with Crippen LogP contribution in [0.25, 0.3) is 0 Å². The normalized spacial score (nSPS) is 11.2. The van der Waals surface area contributed by atoms with Crippen LogP contribution in [-0.4, -0.2) is 29.1 Å². The van der Waals surface area contributed by atoms with E-state index in [1.165, 1.54) is 5.56 Å². The molecule has 0 spiro atoms. The number of nitrogens with zero attached hydrogens (tertiary/aromatic N) is 3. The lowest BCUT2D eigenvalue weighted by atomic mass is 10.2. The van der Waals surface area contributed by atoms with Crippen molar-refractivity contribution in [3.63, 3.8) is 0 Å². The van der Waals surface area contributed by atoms with Crippen LogP contribution in [0.2, 0.25) is 0 Å². The van der Waals surface area contributed by atoms with Gasteiger partial charge >= 0.3 is 0 Å². The van der Waals surface area contributed by atoms with Crippen LogP contribution in [-0.2, 0) is 10.5 Å². The highest BCUT2D eigenvalue weighted by Gasteiger charge is 2.20. The summed E-state index contributed by atoms with van der Waals surface area (Å²) in [6, 6.07) is 14.1. The SMILES string of the molecule is CC(SCc1ccccc1)C(=O)N(CCC#N)CCC#N. The van der Waals surface area contributed by atoms with Gasteiger partial charge in [0.05, 0.1) is 30.2 Å². The predicted molar refractivity (Wildman–Crippen MR) is 84.2 cm³/mol. The van der Waals surface area contributed by atoms with Gasteiger partial charge < -0.3 is 4.90 Å². The summed E-state index contributed by atoms with van der Waals surface area (Å²) >= 11 is 1.58. The first-order valence-electron chi connectivity index (χ1n) is 6.87. The molecule has 0 heterocycles. The minimum atomic E-state index is -0.178. The molecule has 1 aromatic rings. The van der Waals surface area contributed by atoms with Crippen molar-refractivity contribution in [2.45, 2.75) is 30.8 Å². The Hall–Kier alpha value is -1.98. The molecule has 4 nitrogen and oxygen atoms in total. The third-order valence-electron chi connectivity index (χ3n) is 2.99. The number of thioether (sulfide) groups is 1. The second kappa shape index (κ2) is 9.85. The molecule has 0 bridgehead atoms. The highest BCUT2D eigenvalue weighted by atomic mass is 32.2. The molecule has 0 aliphatic rings. The first-order valence-corrected chi connectivity index (χ1v) is 7.92. The molecule has 110 valence electrons. The Morgan fingerprint density at radius 1 is 1.19 bits per heavy atom. The van der Waals surface area contributed by atoms with Crippen LogP contribution < -0.4 is 0 Å². The molecule has 0 aliphatic heterocycles. The number of hydrogen-bond donors (Lipinski definition) is 0. The van der Waals surface area contributed by atoms with E-state index < -0.39 is 0 Å². The van der Waals surface area contributed by atoms with E-state index in [9.17, 15) is 4.79 Å². The fourth-order valence-electron chi connectivity index (χ4n) is 1.83. The van der Waals surface area contributed by atoms with Gasteiger partial charge in [-0.3, -0.25) is 4.79 Å². The lowest BCUT2D eigenvalue weighted by molar-refractivity contribution is -0.130. The van der Waals surface area contributed by atoms with Gasteiger partial charge in [0.2, 0.25) is 5.91 Å². The number of carbonyl (C=O) groups is 1. The van der Waals surface area contributed by atoms with Crippen LogP contribution in [0.15, 0.2) is 30.3 Å². The molecule has 0 N–H and O–H groups in total. The summed E-state index contributed by atoms with van der Waals surface area (Å²) in [4.78, 5) is 14.0. The first-order chi connectivity index (χ1) is 10.2. The molecule has 21 heavy (non-hydrogen) atoms. The number of hydrogen-bond acceptors (Lipinski definition) is 4. The van der Waals surface area contributed by atoms with Gasteiger partial charge in [0, 0.05) is 18.8 Å². The van der Waals surface area contributed by atoms with Crippen molar-refractivity contribution in [2.75, 3.05) is 13.1 Å². The number of amides is 1. The average molecular weight is 301 g/mol. The van der Waals surface area contributed by atoms with Gasteiger partial charge in [-0.2, -0.15) is 10.5 Å². The van der Waals surface area contributed by atoms with Crippen LogP contribution in [0.1, 0.15) is 25.3 Å². The lowest BCUT2D eigenvalue weighted by Gasteiger charge is -2.23. The van der Waals surface area contributed by atoms with Gasteiger partial charge in [-0.25, -0.2) is 0 Å². The van der Waals surface area contributed by atoms with E-state index in [1.54, 1.807) is 16.7 Å². The molecular formula is C16H19N3OS. The zero-order valence-corrected chi connectivity index (χ0v) is 13.0. The summed E-state index contributed by atoms with van der Waals surface area (Å²) in [5.74, 6) is 0.777. The van der Waals surface area contributed by atoms with Gasteiger partial charge in [0.15, 0.2) is 0 Å². The van der Waals surface area contributed by atoms with Gasteiger partial charge in [-0.05, 0) is 12.5 Å². The molecule has 1 atom stereocenters. The van der Waals surface area contributed by atoms with Gasteiger partial charge in [0.1, 0.15) is 0 Å². The lowest BCUT2D eigenvalue weighted by Crippen LogP contribution is -2.38. The number of nitriles is 2. The standard InChI is InChI=1S/C16H19N3OS/c1-14(21-13-15-7-3-2-4-8-15)16(20)19(11-5-9-17)12-6-10-18/h2-4,7-8,14H,5-6,11-13H2,1H3. The summed E-state index contributed by atoms with van der Waals surface area (Å²) in [6.45, 7) is 2.67. The third kappa shape index (κ3) is 6.33. The van der Waals surface area contributed by atoms with Crippen molar-refractivity contribution in [1.82, 2.24) is 4.90 Å². The summed E-state index contributed by atoms with van der Waals surface area (Å²) < 4.78 is 0. The molecule has 0 fully saturated rings. The van der Waals surface area contributed by atoms with Gasteiger partial charge in [0.25, 0.3) is 0 Å². The highest BCUT2D eigenvalue weighted by molar-refractivity contribution is 7.99. The molecule has 1 rings (SSSR count). The Morgan fingerprint density at radius 2 is 1.76 bits per heavy atom. The van der Waals surface area contributed by atoms with Crippen LogP contribution in [0.4, 0.5) is 0 Å². The Labute approximate surface area is 130 Å². The molecule has 0 aromatic heterocycles.